The van der Waals surface area contributed by atoms with Gasteiger partial charge in [-0.15, -0.1) is 10.2 Å². The average molecular weight is 1190 g/mol. The summed E-state index contributed by atoms with van der Waals surface area (Å²) in [6, 6.07) is 14.6. The lowest BCUT2D eigenvalue weighted by atomic mass is 9.89. The van der Waals surface area contributed by atoms with E-state index < -0.39 is 54.1 Å². The number of aromatic nitrogens is 6. The Morgan fingerprint density at radius 3 is 1.65 bits per heavy atom. The lowest BCUT2D eigenvalue weighted by molar-refractivity contribution is -0.146. The molecular weight excluding hydrogens is 1100 g/mol. The predicted molar refractivity (Wildman–Crippen MR) is 315 cm³/mol. The molecule has 4 fully saturated rings. The molecule has 5 amide bonds. The maximum Gasteiger partial charge on any atom is 0.246 e. The molecule has 1 aliphatic carbocycles. The van der Waals surface area contributed by atoms with Gasteiger partial charge in [0.1, 0.15) is 41.0 Å². The summed E-state index contributed by atoms with van der Waals surface area (Å²) in [6.45, 7) is 5.89. The molecule has 0 radical (unpaired) electrons. The normalized spacial score (nSPS) is 23.8. The Kier molecular flexibility index (Phi) is 22.2. The molecule has 6 heterocycles. The zero-order valence-electron chi connectivity index (χ0n) is 49.8. The van der Waals surface area contributed by atoms with Gasteiger partial charge in [0, 0.05) is 37.5 Å². The number of ketones is 2. The summed E-state index contributed by atoms with van der Waals surface area (Å²) in [6.07, 6.45) is 11.1. The third-order valence-electron chi connectivity index (χ3n) is 17.5. The number of nitrogens with zero attached hydrogens (tertiary/aromatic N) is 8. The van der Waals surface area contributed by atoms with Gasteiger partial charge in [0.25, 0.3) is 0 Å². The molecule has 0 spiro atoms. The van der Waals surface area contributed by atoms with Crippen LogP contribution in [0.15, 0.2) is 84.5 Å². The number of amides is 5. The zero-order valence-corrected chi connectivity index (χ0v) is 49.8. The molecule has 2 unspecified atom stereocenters. The summed E-state index contributed by atoms with van der Waals surface area (Å²) >= 11 is 0. The molecule has 86 heavy (non-hydrogen) atoms. The van der Waals surface area contributed by atoms with Crippen molar-refractivity contribution in [1.82, 2.24) is 77.0 Å². The second kappa shape index (κ2) is 30.3. The van der Waals surface area contributed by atoms with Crippen LogP contribution in [0, 0.1) is 5.92 Å². The van der Waals surface area contributed by atoms with E-state index in [9.17, 15) is 38.7 Å². The number of aliphatic hydroxyl groups excluding tert-OH is 1. The second-order valence-electron chi connectivity index (χ2n) is 23.2. The predicted octanol–water partition coefficient (Wildman–Crippen LogP) is 1.49. The van der Waals surface area contributed by atoms with E-state index in [4.69, 9.17) is 9.47 Å². The van der Waals surface area contributed by atoms with Crippen molar-refractivity contribution in [2.24, 2.45) is 5.92 Å². The fourth-order valence-electron chi connectivity index (χ4n) is 12.4. The maximum atomic E-state index is 14.3. The molecule has 2 aromatic heterocycles. The number of ether oxygens (including phenoxy) is 2. The van der Waals surface area contributed by atoms with E-state index in [2.05, 4.69) is 57.8 Å². The molecule has 2 aromatic carbocycles. The summed E-state index contributed by atoms with van der Waals surface area (Å²) in [7, 11) is 3.42. The van der Waals surface area contributed by atoms with Crippen molar-refractivity contribution in [2.45, 2.75) is 171 Å². The SMILES string of the molecule is CNC(C)C(=O)C[C@H]1CCCC[C@H]2CC[C@@H](C(=O)N[C@@H](c3ccccc3)c3cn(CCOCCNC4=C(NCCOCCn5cc([C@@H](NC(=O)[C@@H]6CC[C@@H]7CCCC[C@H](NC(=O)[C@H](C)NC)C(=O)N76)c6ccccc6)nn5)C(=O)C4O)nn3)N2C1=O. The van der Waals surface area contributed by atoms with E-state index in [0.717, 1.165) is 56.1 Å². The van der Waals surface area contributed by atoms with E-state index in [1.165, 1.54) is 0 Å². The van der Waals surface area contributed by atoms with E-state index in [-0.39, 0.29) is 98.5 Å². The van der Waals surface area contributed by atoms with E-state index in [1.807, 2.05) is 60.7 Å². The van der Waals surface area contributed by atoms with Gasteiger partial charge in [-0.25, -0.2) is 9.36 Å². The third kappa shape index (κ3) is 15.4. The number of carbonyl (C=O) groups excluding carboxylic acids is 7. The highest BCUT2D eigenvalue weighted by Crippen LogP contribution is 2.36. The van der Waals surface area contributed by atoms with Crippen LogP contribution in [-0.2, 0) is 56.1 Å². The number of likely N-dealkylation sites (N-methyl/N-ethyl adjacent to an activating group) is 2. The number of benzene rings is 2. The summed E-state index contributed by atoms with van der Waals surface area (Å²) in [5.74, 6) is -2.09. The first-order chi connectivity index (χ1) is 41.7. The van der Waals surface area contributed by atoms with Crippen LogP contribution in [-0.4, -0.2) is 188 Å². The molecule has 4 aliphatic heterocycles. The van der Waals surface area contributed by atoms with Crippen LogP contribution in [0.5, 0.6) is 0 Å². The van der Waals surface area contributed by atoms with Gasteiger partial charge < -0.3 is 61.6 Å². The molecule has 0 saturated carbocycles. The van der Waals surface area contributed by atoms with Crippen LogP contribution in [0.2, 0.25) is 0 Å². The number of hydrogen-bond donors (Lipinski definition) is 8. The standard InChI is InChI=1S/C61H85N15O10/c1-38(62-3)50(77)35-42-19-11-12-20-43-23-25-48(75(43)60(42)83)58(81)67-51(40-15-7-5-8-16-40)46-36-73(71-69-46)29-33-85-31-27-64-53-54(56(79)55(53)78)65-28-32-86-34-30-74-37-47(70-72-74)52(41-17-9-6-10-18-41)68-59(82)49-26-24-44-21-13-14-22-45(61(84)76(44)49)66-57(80)39(2)63-4/h5-10,15-18,36-39,42-45,48-49,51-52,55,62-65,78H,11-14,19-35H2,1-4H3,(H,66,80)(H,67,81)(H,68,82)/t38?,39-,42+,43-,44-,45-,48-,49-,51-,52-,55?/m0/s1. The first kappa shape index (κ1) is 63.1. The maximum absolute atomic E-state index is 14.3. The van der Waals surface area contributed by atoms with Crippen LogP contribution >= 0.6 is 0 Å². The lowest BCUT2D eigenvalue weighted by Gasteiger charge is -2.36. The van der Waals surface area contributed by atoms with Crippen LogP contribution in [0.1, 0.15) is 132 Å². The smallest absolute Gasteiger partial charge is 0.246 e. The van der Waals surface area contributed by atoms with Crippen molar-refractivity contribution < 1.29 is 48.1 Å². The minimum absolute atomic E-state index is 0.0113. The highest BCUT2D eigenvalue weighted by atomic mass is 16.5. The van der Waals surface area contributed by atoms with E-state index in [0.29, 0.717) is 68.8 Å². The van der Waals surface area contributed by atoms with E-state index in [1.54, 1.807) is 59.5 Å². The number of hydrogen-bond acceptors (Lipinski definition) is 18. The van der Waals surface area contributed by atoms with Gasteiger partial charge in [-0.05, 0) is 90.4 Å². The molecule has 4 aromatic rings. The van der Waals surface area contributed by atoms with Crippen LogP contribution in [0.25, 0.3) is 0 Å². The largest absolute Gasteiger partial charge is 0.382 e. The minimum Gasteiger partial charge on any atom is -0.382 e. The monoisotopic (exact) mass is 1190 g/mol. The summed E-state index contributed by atoms with van der Waals surface area (Å²) in [5.41, 5.74) is 3.28. The molecule has 25 nitrogen and oxygen atoms in total. The number of aliphatic hydroxyl groups is 1. The summed E-state index contributed by atoms with van der Waals surface area (Å²) in [4.78, 5) is 98.7. The van der Waals surface area contributed by atoms with Crippen LogP contribution in [0.3, 0.4) is 0 Å². The summed E-state index contributed by atoms with van der Waals surface area (Å²) in [5, 5.41) is 49.4. The number of fused-ring (bicyclic) bond motifs is 2. The van der Waals surface area contributed by atoms with Gasteiger partial charge in [-0.1, -0.05) is 96.8 Å². The Balaban J connectivity index is 0.709. The van der Waals surface area contributed by atoms with Crippen LogP contribution < -0.4 is 37.2 Å². The van der Waals surface area contributed by atoms with Gasteiger partial charge >= 0.3 is 0 Å². The Bertz CT molecular complexity index is 2990. The van der Waals surface area contributed by atoms with Crippen molar-refractivity contribution >= 4 is 41.1 Å². The topological polar surface area (TPSA) is 310 Å². The number of rotatable bonds is 29. The van der Waals surface area contributed by atoms with Crippen LogP contribution in [0.4, 0.5) is 0 Å². The Morgan fingerprint density at radius 1 is 0.616 bits per heavy atom. The molecule has 9 rings (SSSR count). The fourth-order valence-corrected chi connectivity index (χ4v) is 12.4. The first-order valence-corrected chi connectivity index (χ1v) is 30.7. The Labute approximate surface area is 501 Å². The zero-order chi connectivity index (χ0) is 60.7. The molecule has 5 aliphatic rings. The lowest BCUT2D eigenvalue weighted by Crippen LogP contribution is -2.58. The van der Waals surface area contributed by atoms with Crippen molar-refractivity contribution in [3.05, 3.63) is 107 Å². The Morgan fingerprint density at radius 2 is 1.12 bits per heavy atom. The molecule has 25 heteroatoms. The average Bonchev–Trinajstić information content (AvgIpc) is 1.92. The third-order valence-corrected chi connectivity index (χ3v) is 17.5. The van der Waals surface area contributed by atoms with Crippen molar-refractivity contribution in [3.8, 4) is 0 Å². The molecule has 8 N–H and O–H groups in total. The summed E-state index contributed by atoms with van der Waals surface area (Å²) < 4.78 is 15.0. The fraction of sp³-hybridized carbons (Fsp3) is 0.590. The van der Waals surface area contributed by atoms with Gasteiger partial charge in [-0.3, -0.25) is 33.6 Å². The number of nitrogens with one attached hydrogen (secondary N) is 7. The van der Waals surface area contributed by atoms with Gasteiger partial charge in [0.15, 0.2) is 6.10 Å². The van der Waals surface area contributed by atoms with Gasteiger partial charge in [0.2, 0.25) is 35.3 Å². The number of Topliss-reactive ketones (excluding diaryl/α,β-unsaturated/α-hetero) is 2. The van der Waals surface area contributed by atoms with E-state index >= 15 is 0 Å². The molecule has 4 saturated heterocycles. The van der Waals surface area contributed by atoms with Crippen molar-refractivity contribution in [1.29, 1.82) is 0 Å². The molecule has 0 bridgehead atoms. The van der Waals surface area contributed by atoms with Gasteiger partial charge in [-0.2, -0.15) is 0 Å². The molecule has 11 atom stereocenters. The second-order valence-corrected chi connectivity index (χ2v) is 23.2. The Hall–Kier alpha value is -7.45. The first-order valence-electron chi connectivity index (χ1n) is 30.7. The highest BCUT2D eigenvalue weighted by molar-refractivity contribution is 6.08. The molecule has 464 valence electrons. The minimum atomic E-state index is -1.28. The highest BCUT2D eigenvalue weighted by Gasteiger charge is 2.47. The number of carbonyl (C=O) groups is 7. The van der Waals surface area contributed by atoms with Crippen molar-refractivity contribution in [3.63, 3.8) is 0 Å². The van der Waals surface area contributed by atoms with Crippen molar-refractivity contribution in [2.75, 3.05) is 53.6 Å². The molecular formula is C61H85N15O10. The quantitative estimate of drug-likeness (QED) is 0.0357. The van der Waals surface area contributed by atoms with Gasteiger partial charge in [0.05, 0.1) is 81.8 Å².